The molecular formula is C16H26ClNO2S. The maximum absolute atomic E-state index is 12.9. The summed E-state index contributed by atoms with van der Waals surface area (Å²) in [5, 5.41) is 0. The number of aryl methyl sites for hydroxylation is 1. The molecule has 0 fully saturated rings. The van der Waals surface area contributed by atoms with Gasteiger partial charge in [0.1, 0.15) is 0 Å². The van der Waals surface area contributed by atoms with Gasteiger partial charge in [-0.25, -0.2) is 8.42 Å². The van der Waals surface area contributed by atoms with E-state index in [0.717, 1.165) is 17.5 Å². The number of hydrogen-bond acceptors (Lipinski definition) is 2. The Bertz CT molecular complexity index is 557. The molecule has 1 rings (SSSR count). The molecule has 0 aliphatic rings. The summed E-state index contributed by atoms with van der Waals surface area (Å²) >= 11 is 5.86. The highest BCUT2D eigenvalue weighted by Crippen LogP contribution is 2.24. The molecule has 1 atom stereocenters. The Labute approximate surface area is 134 Å². The van der Waals surface area contributed by atoms with Gasteiger partial charge in [-0.3, -0.25) is 0 Å². The lowest BCUT2D eigenvalue weighted by molar-refractivity contribution is 0.361. The highest BCUT2D eigenvalue weighted by Gasteiger charge is 2.26. The van der Waals surface area contributed by atoms with E-state index in [1.807, 2.05) is 26.0 Å². The van der Waals surface area contributed by atoms with E-state index in [9.17, 15) is 8.42 Å². The Morgan fingerprint density at radius 3 is 2.38 bits per heavy atom. The Morgan fingerprint density at radius 1 is 1.24 bits per heavy atom. The van der Waals surface area contributed by atoms with Gasteiger partial charge in [-0.05, 0) is 29.5 Å². The van der Waals surface area contributed by atoms with Gasteiger partial charge in [0.15, 0.2) is 0 Å². The van der Waals surface area contributed by atoms with E-state index in [1.54, 1.807) is 10.4 Å². The van der Waals surface area contributed by atoms with Crippen LogP contribution in [0.4, 0.5) is 0 Å². The topological polar surface area (TPSA) is 37.4 Å². The smallest absolute Gasteiger partial charge is 0.207 e. The van der Waals surface area contributed by atoms with Crippen molar-refractivity contribution < 1.29 is 8.42 Å². The van der Waals surface area contributed by atoms with Gasteiger partial charge in [0.2, 0.25) is 10.0 Å². The molecule has 0 saturated heterocycles. The number of alkyl halides is 1. The van der Waals surface area contributed by atoms with Crippen molar-refractivity contribution in [3.05, 3.63) is 29.3 Å². The molecule has 0 bridgehead atoms. The first-order valence-corrected chi connectivity index (χ1v) is 9.55. The van der Waals surface area contributed by atoms with E-state index in [2.05, 4.69) is 13.8 Å². The van der Waals surface area contributed by atoms with Crippen LogP contribution in [-0.2, 0) is 22.3 Å². The molecule has 0 aromatic heterocycles. The van der Waals surface area contributed by atoms with E-state index in [-0.39, 0.29) is 0 Å². The largest absolute Gasteiger partial charge is 0.243 e. The molecule has 0 aliphatic heterocycles. The van der Waals surface area contributed by atoms with Crippen molar-refractivity contribution in [2.45, 2.75) is 51.3 Å². The van der Waals surface area contributed by atoms with E-state index in [0.29, 0.717) is 36.2 Å². The Hall–Kier alpha value is -0.580. The van der Waals surface area contributed by atoms with E-state index >= 15 is 0 Å². The molecule has 1 aromatic carbocycles. The third-order valence-electron chi connectivity index (χ3n) is 3.85. The van der Waals surface area contributed by atoms with Crippen molar-refractivity contribution in [2.24, 2.45) is 5.92 Å². The molecule has 3 nitrogen and oxygen atoms in total. The summed E-state index contributed by atoms with van der Waals surface area (Å²) in [7, 11) is -3.46. The highest BCUT2D eigenvalue weighted by atomic mass is 35.5. The maximum Gasteiger partial charge on any atom is 0.243 e. The zero-order valence-electron chi connectivity index (χ0n) is 13.4. The fraction of sp³-hybridized carbons (Fsp3) is 0.625. The average Bonchev–Trinajstić information content (AvgIpc) is 2.51. The van der Waals surface area contributed by atoms with Gasteiger partial charge in [0.25, 0.3) is 0 Å². The van der Waals surface area contributed by atoms with Crippen LogP contribution in [-0.4, -0.2) is 25.8 Å². The quantitative estimate of drug-likeness (QED) is 0.674. The van der Waals surface area contributed by atoms with E-state index in [1.165, 1.54) is 0 Å². The van der Waals surface area contributed by atoms with Crippen LogP contribution in [0, 0.1) is 5.92 Å². The third kappa shape index (κ3) is 4.44. The van der Waals surface area contributed by atoms with Crippen LogP contribution >= 0.6 is 11.6 Å². The second-order valence-electron chi connectivity index (χ2n) is 5.40. The number of halogens is 1. The molecule has 0 spiro atoms. The fourth-order valence-corrected chi connectivity index (χ4v) is 4.31. The Kier molecular flexibility index (Phi) is 7.17. The van der Waals surface area contributed by atoms with Crippen LogP contribution in [0.15, 0.2) is 23.1 Å². The molecule has 21 heavy (non-hydrogen) atoms. The Morgan fingerprint density at radius 2 is 1.90 bits per heavy atom. The van der Waals surface area contributed by atoms with E-state index in [4.69, 9.17) is 11.6 Å². The van der Waals surface area contributed by atoms with Crippen LogP contribution in [0.3, 0.4) is 0 Å². The van der Waals surface area contributed by atoms with Gasteiger partial charge in [0, 0.05) is 19.0 Å². The molecule has 0 radical (unpaired) electrons. The molecule has 120 valence electrons. The molecule has 0 saturated carbocycles. The van der Waals surface area contributed by atoms with Crippen molar-refractivity contribution >= 4 is 21.6 Å². The van der Waals surface area contributed by atoms with E-state index < -0.39 is 10.0 Å². The second-order valence-corrected chi connectivity index (χ2v) is 7.57. The average molecular weight is 332 g/mol. The molecule has 0 N–H and O–H groups in total. The summed E-state index contributed by atoms with van der Waals surface area (Å²) < 4.78 is 27.5. The molecule has 1 aromatic rings. The van der Waals surface area contributed by atoms with Crippen molar-refractivity contribution in [1.29, 1.82) is 0 Å². The van der Waals surface area contributed by atoms with Gasteiger partial charge < -0.3 is 0 Å². The van der Waals surface area contributed by atoms with Gasteiger partial charge in [-0.15, -0.1) is 11.6 Å². The Balaban J connectivity index is 3.27. The lowest BCUT2D eigenvalue weighted by Gasteiger charge is -2.25. The van der Waals surface area contributed by atoms with Crippen molar-refractivity contribution in [1.82, 2.24) is 4.31 Å². The number of nitrogens with zero attached hydrogens (tertiary/aromatic N) is 1. The van der Waals surface area contributed by atoms with Crippen LogP contribution in [0.5, 0.6) is 0 Å². The van der Waals surface area contributed by atoms with Crippen molar-refractivity contribution in [3.63, 3.8) is 0 Å². The van der Waals surface area contributed by atoms with Crippen LogP contribution < -0.4 is 0 Å². The number of benzene rings is 1. The van der Waals surface area contributed by atoms with Gasteiger partial charge in [-0.2, -0.15) is 4.31 Å². The summed E-state index contributed by atoms with van der Waals surface area (Å²) in [6.07, 6.45) is 1.66. The summed E-state index contributed by atoms with van der Waals surface area (Å²) in [4.78, 5) is 0.410. The number of sulfonamides is 1. The third-order valence-corrected chi connectivity index (χ3v) is 6.18. The molecule has 1 unspecified atom stereocenters. The predicted octanol–water partition coefficient (Wildman–Crippen LogP) is 4.04. The van der Waals surface area contributed by atoms with Gasteiger partial charge in [-0.1, -0.05) is 46.2 Å². The first-order chi connectivity index (χ1) is 9.90. The summed E-state index contributed by atoms with van der Waals surface area (Å²) in [6, 6.07) is 5.50. The van der Waals surface area contributed by atoms with Gasteiger partial charge >= 0.3 is 0 Å². The summed E-state index contributed by atoms with van der Waals surface area (Å²) in [5.41, 5.74) is 1.69. The minimum atomic E-state index is -3.46. The summed E-state index contributed by atoms with van der Waals surface area (Å²) in [5.74, 6) is 0.672. The zero-order valence-corrected chi connectivity index (χ0v) is 15.0. The first kappa shape index (κ1) is 18.5. The SMILES string of the molecule is CCc1ccc(CCl)cc1S(=O)(=O)N(CC)CC(C)CC. The predicted molar refractivity (Wildman–Crippen MR) is 89.3 cm³/mol. The van der Waals surface area contributed by atoms with Crippen LogP contribution in [0.1, 0.15) is 45.2 Å². The lowest BCUT2D eigenvalue weighted by atomic mass is 10.1. The molecule has 5 heteroatoms. The number of rotatable bonds is 8. The second kappa shape index (κ2) is 8.16. The monoisotopic (exact) mass is 331 g/mol. The fourth-order valence-electron chi connectivity index (χ4n) is 2.23. The standard InChI is InChI=1S/C16H26ClNO2S/c1-5-13(4)12-18(7-3)21(19,20)16-10-14(11-17)8-9-15(16)6-2/h8-10,13H,5-7,11-12H2,1-4H3. The van der Waals surface area contributed by atoms with Crippen molar-refractivity contribution in [2.75, 3.05) is 13.1 Å². The first-order valence-electron chi connectivity index (χ1n) is 7.58. The van der Waals surface area contributed by atoms with Crippen molar-refractivity contribution in [3.8, 4) is 0 Å². The summed E-state index contributed by atoms with van der Waals surface area (Å²) in [6.45, 7) is 9.06. The molecule has 0 amide bonds. The molecule has 0 aliphatic carbocycles. The van der Waals surface area contributed by atoms with Crippen LogP contribution in [0.2, 0.25) is 0 Å². The maximum atomic E-state index is 12.9. The minimum Gasteiger partial charge on any atom is -0.207 e. The zero-order chi connectivity index (χ0) is 16.0. The lowest BCUT2D eigenvalue weighted by Crippen LogP contribution is -2.35. The minimum absolute atomic E-state index is 0.323. The molecular weight excluding hydrogens is 306 g/mol. The normalized spacial score (nSPS) is 13.6. The number of hydrogen-bond donors (Lipinski definition) is 0. The van der Waals surface area contributed by atoms with Gasteiger partial charge in [0.05, 0.1) is 4.90 Å². The highest BCUT2D eigenvalue weighted by molar-refractivity contribution is 7.89. The van der Waals surface area contributed by atoms with Crippen LogP contribution in [0.25, 0.3) is 0 Å². The molecule has 0 heterocycles.